The molecule has 1 aliphatic heterocycles. The van der Waals surface area contributed by atoms with E-state index >= 15 is 0 Å². The van der Waals surface area contributed by atoms with E-state index in [0.29, 0.717) is 15.7 Å². The SMILES string of the molecule is Nc1c(Cl)cc(CN2CCN(C3CC3)CC2)cc1Cl. The standard InChI is InChI=1S/C14H19Cl2N3/c15-12-7-10(8-13(16)14(12)17)9-18-3-5-19(6-4-18)11-1-2-11/h7-8,11H,1-6,9,17H2. The van der Waals surface area contributed by atoms with Gasteiger partial charge in [0.25, 0.3) is 0 Å². The molecule has 0 amide bonds. The molecule has 1 saturated heterocycles. The highest BCUT2D eigenvalue weighted by molar-refractivity contribution is 6.38. The Bertz CT molecular complexity index is 443. The van der Waals surface area contributed by atoms with Crippen LogP contribution in [-0.4, -0.2) is 42.0 Å². The average molecular weight is 300 g/mol. The molecule has 1 heterocycles. The summed E-state index contributed by atoms with van der Waals surface area (Å²) in [5.74, 6) is 0. The monoisotopic (exact) mass is 299 g/mol. The summed E-state index contributed by atoms with van der Waals surface area (Å²) in [6.07, 6.45) is 2.78. The minimum absolute atomic E-state index is 0.477. The van der Waals surface area contributed by atoms with Crippen molar-refractivity contribution in [3.63, 3.8) is 0 Å². The fourth-order valence-electron chi connectivity index (χ4n) is 2.71. The Labute approximate surface area is 124 Å². The van der Waals surface area contributed by atoms with E-state index in [9.17, 15) is 0 Å². The van der Waals surface area contributed by atoms with E-state index in [0.717, 1.165) is 31.2 Å². The fourth-order valence-corrected chi connectivity index (χ4v) is 3.24. The van der Waals surface area contributed by atoms with Crippen LogP contribution in [0.1, 0.15) is 18.4 Å². The zero-order valence-electron chi connectivity index (χ0n) is 10.9. The van der Waals surface area contributed by atoms with Crippen LogP contribution < -0.4 is 5.73 Å². The van der Waals surface area contributed by atoms with Gasteiger partial charge in [0.05, 0.1) is 15.7 Å². The van der Waals surface area contributed by atoms with Crippen LogP contribution in [0.25, 0.3) is 0 Å². The molecule has 1 aromatic carbocycles. The molecule has 1 saturated carbocycles. The Morgan fingerprint density at radius 3 is 2.16 bits per heavy atom. The first kappa shape index (κ1) is 13.5. The lowest BCUT2D eigenvalue weighted by Crippen LogP contribution is -2.46. The van der Waals surface area contributed by atoms with Gasteiger partial charge < -0.3 is 5.73 Å². The summed E-state index contributed by atoms with van der Waals surface area (Å²) in [4.78, 5) is 5.07. The molecule has 104 valence electrons. The zero-order chi connectivity index (χ0) is 13.4. The Morgan fingerprint density at radius 2 is 1.63 bits per heavy atom. The van der Waals surface area contributed by atoms with Crippen molar-refractivity contribution in [1.82, 2.24) is 9.80 Å². The lowest BCUT2D eigenvalue weighted by Gasteiger charge is -2.34. The molecule has 0 bridgehead atoms. The number of nitrogens with two attached hydrogens (primary N) is 1. The van der Waals surface area contributed by atoms with Gasteiger partial charge in [0.2, 0.25) is 0 Å². The molecule has 2 N–H and O–H groups in total. The third-order valence-corrected chi connectivity index (χ3v) is 4.64. The van der Waals surface area contributed by atoms with Gasteiger partial charge in [-0.2, -0.15) is 0 Å². The highest BCUT2D eigenvalue weighted by Crippen LogP contribution is 2.30. The summed E-state index contributed by atoms with van der Waals surface area (Å²) in [5.41, 5.74) is 7.38. The Hall–Kier alpha value is -0.480. The zero-order valence-corrected chi connectivity index (χ0v) is 12.4. The molecule has 5 heteroatoms. The van der Waals surface area contributed by atoms with Crippen molar-refractivity contribution in [2.45, 2.75) is 25.4 Å². The van der Waals surface area contributed by atoms with Crippen molar-refractivity contribution in [2.24, 2.45) is 0 Å². The normalized spacial score (nSPS) is 21.8. The molecule has 2 fully saturated rings. The van der Waals surface area contributed by atoms with Gasteiger partial charge in [-0.05, 0) is 30.5 Å². The third-order valence-electron chi connectivity index (χ3n) is 4.02. The quantitative estimate of drug-likeness (QED) is 0.871. The van der Waals surface area contributed by atoms with Gasteiger partial charge in [0.15, 0.2) is 0 Å². The number of nitrogen functional groups attached to an aromatic ring is 1. The summed E-state index contributed by atoms with van der Waals surface area (Å²) >= 11 is 12.1. The van der Waals surface area contributed by atoms with Crippen LogP contribution in [0.2, 0.25) is 10.0 Å². The Morgan fingerprint density at radius 1 is 1.05 bits per heavy atom. The first-order chi connectivity index (χ1) is 9.13. The summed E-state index contributed by atoms with van der Waals surface area (Å²) < 4.78 is 0. The number of piperazine rings is 1. The summed E-state index contributed by atoms with van der Waals surface area (Å²) in [6, 6.07) is 4.73. The van der Waals surface area contributed by atoms with Crippen LogP contribution in [0.3, 0.4) is 0 Å². The first-order valence-electron chi connectivity index (χ1n) is 6.83. The molecular formula is C14H19Cl2N3. The lowest BCUT2D eigenvalue weighted by molar-refractivity contribution is 0.121. The van der Waals surface area contributed by atoms with E-state index in [2.05, 4.69) is 9.80 Å². The summed E-state index contributed by atoms with van der Waals surface area (Å²) in [6.45, 7) is 5.51. The Balaban J connectivity index is 1.59. The van der Waals surface area contributed by atoms with Crippen LogP contribution >= 0.6 is 23.2 Å². The van der Waals surface area contributed by atoms with Gasteiger partial charge in [-0.15, -0.1) is 0 Å². The number of benzene rings is 1. The second kappa shape index (κ2) is 5.49. The van der Waals surface area contributed by atoms with E-state index in [1.807, 2.05) is 12.1 Å². The predicted molar refractivity (Wildman–Crippen MR) is 80.7 cm³/mol. The van der Waals surface area contributed by atoms with Crippen molar-refractivity contribution < 1.29 is 0 Å². The molecule has 3 nitrogen and oxygen atoms in total. The number of nitrogens with zero attached hydrogens (tertiary/aromatic N) is 2. The highest BCUT2D eigenvalue weighted by atomic mass is 35.5. The molecule has 1 aliphatic carbocycles. The van der Waals surface area contributed by atoms with Crippen molar-refractivity contribution >= 4 is 28.9 Å². The largest absolute Gasteiger partial charge is 0.396 e. The van der Waals surface area contributed by atoms with Crippen LogP contribution in [0.5, 0.6) is 0 Å². The molecule has 0 unspecified atom stereocenters. The number of anilines is 1. The molecule has 0 radical (unpaired) electrons. The summed E-state index contributed by atoms with van der Waals surface area (Å²) in [7, 11) is 0. The second-order valence-electron chi connectivity index (χ2n) is 5.52. The van der Waals surface area contributed by atoms with Crippen molar-refractivity contribution in [2.75, 3.05) is 31.9 Å². The topological polar surface area (TPSA) is 32.5 Å². The summed E-state index contributed by atoms with van der Waals surface area (Å²) in [5, 5.41) is 1.11. The van der Waals surface area contributed by atoms with Crippen molar-refractivity contribution in [3.8, 4) is 0 Å². The highest BCUT2D eigenvalue weighted by Gasteiger charge is 2.31. The van der Waals surface area contributed by atoms with E-state index in [4.69, 9.17) is 28.9 Å². The van der Waals surface area contributed by atoms with E-state index in [1.54, 1.807) is 0 Å². The molecule has 19 heavy (non-hydrogen) atoms. The Kier molecular flexibility index (Phi) is 3.90. The molecular weight excluding hydrogens is 281 g/mol. The third kappa shape index (κ3) is 3.16. The lowest BCUT2D eigenvalue weighted by atomic mass is 10.1. The maximum atomic E-state index is 6.07. The number of halogens is 2. The van der Waals surface area contributed by atoms with Crippen molar-refractivity contribution in [3.05, 3.63) is 27.7 Å². The van der Waals surface area contributed by atoms with Gasteiger partial charge in [0.1, 0.15) is 0 Å². The number of hydrogen-bond acceptors (Lipinski definition) is 3. The average Bonchev–Trinajstić information content (AvgIpc) is 3.21. The maximum Gasteiger partial charge on any atom is 0.0693 e. The first-order valence-corrected chi connectivity index (χ1v) is 7.59. The van der Waals surface area contributed by atoms with Gasteiger partial charge in [-0.3, -0.25) is 9.80 Å². The van der Waals surface area contributed by atoms with Crippen LogP contribution in [0, 0.1) is 0 Å². The van der Waals surface area contributed by atoms with Crippen LogP contribution in [0.15, 0.2) is 12.1 Å². The molecule has 0 atom stereocenters. The van der Waals surface area contributed by atoms with E-state index < -0.39 is 0 Å². The number of hydrogen-bond donors (Lipinski definition) is 1. The van der Waals surface area contributed by atoms with Crippen LogP contribution in [-0.2, 0) is 6.54 Å². The minimum atomic E-state index is 0.477. The van der Waals surface area contributed by atoms with Gasteiger partial charge in [-0.25, -0.2) is 0 Å². The van der Waals surface area contributed by atoms with Gasteiger partial charge >= 0.3 is 0 Å². The smallest absolute Gasteiger partial charge is 0.0693 e. The molecule has 2 aliphatic rings. The fraction of sp³-hybridized carbons (Fsp3) is 0.571. The molecule has 3 rings (SSSR count). The van der Waals surface area contributed by atoms with Gasteiger partial charge in [0, 0.05) is 38.8 Å². The minimum Gasteiger partial charge on any atom is -0.396 e. The number of rotatable bonds is 3. The maximum absolute atomic E-state index is 6.07. The molecule has 0 aromatic heterocycles. The van der Waals surface area contributed by atoms with E-state index in [1.165, 1.54) is 25.9 Å². The van der Waals surface area contributed by atoms with Crippen LogP contribution in [0.4, 0.5) is 5.69 Å². The molecule has 0 spiro atoms. The van der Waals surface area contributed by atoms with E-state index in [-0.39, 0.29) is 0 Å². The molecule has 1 aromatic rings. The predicted octanol–water partition coefficient (Wildman–Crippen LogP) is 2.86. The van der Waals surface area contributed by atoms with Crippen molar-refractivity contribution in [1.29, 1.82) is 0 Å². The van der Waals surface area contributed by atoms with Gasteiger partial charge in [-0.1, -0.05) is 23.2 Å². The second-order valence-corrected chi connectivity index (χ2v) is 6.33.